The van der Waals surface area contributed by atoms with Crippen LogP contribution in [0.3, 0.4) is 0 Å². The minimum atomic E-state index is -0.567. The van der Waals surface area contributed by atoms with Crippen molar-refractivity contribution in [2.45, 2.75) is 70.4 Å². The van der Waals surface area contributed by atoms with Gasteiger partial charge in [-0.1, -0.05) is 30.3 Å². The molecule has 2 amide bonds. The highest BCUT2D eigenvalue weighted by molar-refractivity contribution is 5.70. The summed E-state index contributed by atoms with van der Waals surface area (Å²) >= 11 is 0. The van der Waals surface area contributed by atoms with Crippen molar-refractivity contribution in [2.24, 2.45) is 0 Å². The molecule has 1 aromatic carbocycles. The van der Waals surface area contributed by atoms with Crippen molar-refractivity contribution in [3.05, 3.63) is 53.5 Å². The zero-order valence-corrected chi connectivity index (χ0v) is 21.4. The van der Waals surface area contributed by atoms with Crippen molar-refractivity contribution in [3.63, 3.8) is 0 Å². The number of nitrogens with one attached hydrogen (secondary N) is 1. The van der Waals surface area contributed by atoms with Gasteiger partial charge in [0.25, 0.3) is 0 Å². The van der Waals surface area contributed by atoms with Crippen LogP contribution in [0.5, 0.6) is 5.75 Å². The number of anilines is 1. The molecule has 3 aliphatic rings. The van der Waals surface area contributed by atoms with E-state index >= 15 is 4.39 Å². The summed E-state index contributed by atoms with van der Waals surface area (Å²) in [6.07, 6.45) is 2.82. The summed E-state index contributed by atoms with van der Waals surface area (Å²) in [6.45, 7) is 6.81. The maximum atomic E-state index is 15.5. The van der Waals surface area contributed by atoms with E-state index in [4.69, 9.17) is 14.2 Å². The number of hydrogen-bond donors (Lipinski definition) is 1. The molecule has 1 N–H and O–H groups in total. The SMILES string of the molecule is CC(C)(C)OC(=O)N1C2CCC1CN(c1ncc3c(c1F)OC[C@H](NC(=O)OCc1ccccc1)C3)C2. The Morgan fingerprint density at radius 2 is 1.86 bits per heavy atom. The second kappa shape index (κ2) is 10.1. The number of fused-ring (bicyclic) bond motifs is 3. The van der Waals surface area contributed by atoms with E-state index in [9.17, 15) is 9.59 Å². The molecule has 2 unspecified atom stereocenters. The molecule has 3 atom stereocenters. The fourth-order valence-electron chi connectivity index (χ4n) is 5.24. The average molecular weight is 513 g/mol. The second-order valence-electron chi connectivity index (χ2n) is 10.8. The third kappa shape index (κ3) is 5.57. The lowest BCUT2D eigenvalue weighted by molar-refractivity contribution is 0.0122. The Kier molecular flexibility index (Phi) is 6.83. The molecule has 10 heteroatoms. The first-order valence-electron chi connectivity index (χ1n) is 12.7. The fraction of sp³-hybridized carbons (Fsp3) is 0.519. The number of nitrogens with zero attached hydrogens (tertiary/aromatic N) is 3. The van der Waals surface area contributed by atoms with Gasteiger partial charge in [0.1, 0.15) is 18.8 Å². The number of rotatable bonds is 4. The first kappa shape index (κ1) is 25.1. The normalized spacial score (nSPS) is 22.6. The number of amides is 2. The van der Waals surface area contributed by atoms with Gasteiger partial charge in [0.2, 0.25) is 5.82 Å². The van der Waals surface area contributed by atoms with Crippen molar-refractivity contribution < 1.29 is 28.2 Å². The van der Waals surface area contributed by atoms with Gasteiger partial charge in [-0.15, -0.1) is 0 Å². The number of pyridine rings is 1. The monoisotopic (exact) mass is 512 g/mol. The Morgan fingerprint density at radius 1 is 1.16 bits per heavy atom. The van der Waals surface area contributed by atoms with Crippen LogP contribution < -0.4 is 15.0 Å². The predicted molar refractivity (Wildman–Crippen MR) is 134 cm³/mol. The van der Waals surface area contributed by atoms with Crippen molar-refractivity contribution >= 4 is 18.0 Å². The molecule has 0 spiro atoms. The number of benzene rings is 1. The average Bonchev–Trinajstić information content (AvgIpc) is 3.12. The van der Waals surface area contributed by atoms with Crippen LogP contribution in [-0.4, -0.2) is 65.5 Å². The number of halogens is 1. The van der Waals surface area contributed by atoms with Gasteiger partial charge in [-0.25, -0.2) is 14.6 Å². The van der Waals surface area contributed by atoms with E-state index in [0.29, 0.717) is 25.1 Å². The number of aromatic nitrogens is 1. The van der Waals surface area contributed by atoms with Crippen molar-refractivity contribution in [3.8, 4) is 5.75 Å². The van der Waals surface area contributed by atoms with E-state index in [1.807, 2.05) is 60.9 Å². The standard InChI is InChI=1S/C27H33FN4O5/c1-27(2,3)37-26(34)32-20-9-10-21(32)14-31(13-20)24-22(28)23-18(12-29-24)11-19(16-35-23)30-25(33)36-15-17-7-5-4-6-8-17/h4-8,12,19-21H,9-11,13-16H2,1-3H3,(H,30,33)/t19-,20?,21?/m1/s1. The molecule has 198 valence electrons. The van der Waals surface area contributed by atoms with Crippen LogP contribution in [0.4, 0.5) is 19.8 Å². The summed E-state index contributed by atoms with van der Waals surface area (Å²) in [6, 6.07) is 8.95. The molecule has 0 saturated carbocycles. The van der Waals surface area contributed by atoms with E-state index < -0.39 is 17.5 Å². The second-order valence-corrected chi connectivity index (χ2v) is 10.8. The highest BCUT2D eigenvalue weighted by Gasteiger charge is 2.45. The van der Waals surface area contributed by atoms with Crippen LogP contribution >= 0.6 is 0 Å². The maximum absolute atomic E-state index is 15.5. The Balaban J connectivity index is 1.20. The van der Waals surface area contributed by atoms with Crippen LogP contribution in [0.2, 0.25) is 0 Å². The van der Waals surface area contributed by atoms with Crippen LogP contribution in [0.1, 0.15) is 44.7 Å². The van der Waals surface area contributed by atoms with Gasteiger partial charge in [-0.3, -0.25) is 4.90 Å². The van der Waals surface area contributed by atoms with Gasteiger partial charge in [0.15, 0.2) is 11.6 Å². The summed E-state index contributed by atoms with van der Waals surface area (Å²) < 4.78 is 32.2. The van der Waals surface area contributed by atoms with E-state index in [1.165, 1.54) is 0 Å². The summed E-state index contributed by atoms with van der Waals surface area (Å²) in [5.74, 6) is -0.108. The number of carbonyl (C=O) groups is 2. The molecule has 0 radical (unpaired) electrons. The van der Waals surface area contributed by atoms with E-state index in [0.717, 1.165) is 18.4 Å². The van der Waals surface area contributed by atoms with Gasteiger partial charge in [-0.05, 0) is 39.2 Å². The lowest BCUT2D eigenvalue weighted by atomic mass is 10.0. The largest absolute Gasteiger partial charge is 0.488 e. The third-order valence-electron chi connectivity index (χ3n) is 6.85. The minimum absolute atomic E-state index is 0.0535. The maximum Gasteiger partial charge on any atom is 0.410 e. The van der Waals surface area contributed by atoms with Gasteiger partial charge >= 0.3 is 12.2 Å². The highest BCUT2D eigenvalue weighted by Crippen LogP contribution is 2.37. The molecule has 5 rings (SSSR count). The molecule has 2 bridgehead atoms. The van der Waals surface area contributed by atoms with Crippen molar-refractivity contribution in [1.29, 1.82) is 0 Å². The Hall–Kier alpha value is -3.56. The molecule has 0 aliphatic carbocycles. The molecule has 1 aromatic heterocycles. The van der Waals surface area contributed by atoms with Gasteiger partial charge in [-0.2, -0.15) is 4.39 Å². The number of carbonyl (C=O) groups excluding carboxylic acids is 2. The number of ether oxygens (including phenoxy) is 3. The summed E-state index contributed by atoms with van der Waals surface area (Å²) in [4.78, 5) is 33.1. The Morgan fingerprint density at radius 3 is 2.54 bits per heavy atom. The molecular weight excluding hydrogens is 479 g/mol. The van der Waals surface area contributed by atoms with Gasteiger partial charge < -0.3 is 24.4 Å². The quantitative estimate of drug-likeness (QED) is 0.661. The third-order valence-corrected chi connectivity index (χ3v) is 6.85. The minimum Gasteiger partial charge on any atom is -0.488 e. The van der Waals surface area contributed by atoms with Crippen LogP contribution in [0.15, 0.2) is 36.5 Å². The van der Waals surface area contributed by atoms with Crippen LogP contribution in [0.25, 0.3) is 0 Å². The first-order valence-corrected chi connectivity index (χ1v) is 12.7. The van der Waals surface area contributed by atoms with Crippen LogP contribution in [-0.2, 0) is 22.5 Å². The zero-order valence-electron chi connectivity index (χ0n) is 21.4. The van der Waals surface area contributed by atoms with E-state index in [-0.39, 0.29) is 49.0 Å². The predicted octanol–water partition coefficient (Wildman–Crippen LogP) is 4.04. The van der Waals surface area contributed by atoms with Gasteiger partial charge in [0.05, 0.1) is 18.1 Å². The first-order chi connectivity index (χ1) is 17.7. The Labute approximate surface area is 215 Å². The highest BCUT2D eigenvalue weighted by atomic mass is 19.1. The molecule has 9 nitrogen and oxygen atoms in total. The van der Waals surface area contributed by atoms with Crippen molar-refractivity contribution in [2.75, 3.05) is 24.6 Å². The fourth-order valence-corrected chi connectivity index (χ4v) is 5.24. The molecule has 37 heavy (non-hydrogen) atoms. The molecule has 4 heterocycles. The van der Waals surface area contributed by atoms with E-state index in [1.54, 1.807) is 6.20 Å². The summed E-state index contributed by atoms with van der Waals surface area (Å²) in [5.41, 5.74) is 0.918. The topological polar surface area (TPSA) is 93.2 Å². The molecule has 3 aliphatic heterocycles. The zero-order chi connectivity index (χ0) is 26.2. The number of piperazine rings is 1. The number of alkyl carbamates (subject to hydrolysis) is 1. The molecule has 2 saturated heterocycles. The molecule has 2 aromatic rings. The Bertz CT molecular complexity index is 1140. The molecular formula is C27H33FN4O5. The van der Waals surface area contributed by atoms with E-state index in [2.05, 4.69) is 10.3 Å². The summed E-state index contributed by atoms with van der Waals surface area (Å²) in [7, 11) is 0. The lowest BCUT2D eigenvalue weighted by Gasteiger charge is -2.42. The number of hydrogen-bond acceptors (Lipinski definition) is 7. The van der Waals surface area contributed by atoms with Crippen molar-refractivity contribution in [1.82, 2.24) is 15.2 Å². The lowest BCUT2D eigenvalue weighted by Crippen LogP contribution is -2.57. The van der Waals surface area contributed by atoms with Gasteiger partial charge in [0, 0.05) is 31.3 Å². The summed E-state index contributed by atoms with van der Waals surface area (Å²) in [5, 5.41) is 2.78. The molecule has 2 fully saturated rings. The van der Waals surface area contributed by atoms with Crippen LogP contribution in [0, 0.1) is 5.82 Å². The smallest absolute Gasteiger partial charge is 0.410 e.